The molecule has 1 aromatic heterocycles. The van der Waals surface area contributed by atoms with Crippen molar-refractivity contribution in [3.63, 3.8) is 0 Å². The quantitative estimate of drug-likeness (QED) is 0.781. The van der Waals surface area contributed by atoms with Gasteiger partial charge in [0.15, 0.2) is 0 Å². The summed E-state index contributed by atoms with van der Waals surface area (Å²) in [5.74, 6) is -0.149. The number of alkyl halides is 3. The Morgan fingerprint density at radius 3 is 2.20 bits per heavy atom. The standard InChI is InChI=1S/C11H5Cl2F3N2O2/c12-8-5-17-10(13)18-9(8)19-6-1-3-7(4-2-6)20-11(14,15)16/h1-5H. The van der Waals surface area contributed by atoms with Gasteiger partial charge in [-0.3, -0.25) is 0 Å². The Morgan fingerprint density at radius 2 is 1.60 bits per heavy atom. The van der Waals surface area contributed by atoms with Crippen molar-refractivity contribution >= 4 is 23.2 Å². The van der Waals surface area contributed by atoms with E-state index in [0.29, 0.717) is 0 Å². The summed E-state index contributed by atoms with van der Waals surface area (Å²) < 4.78 is 44.9. The zero-order valence-electron chi connectivity index (χ0n) is 9.49. The largest absolute Gasteiger partial charge is 0.573 e. The predicted octanol–water partition coefficient (Wildman–Crippen LogP) is 4.47. The molecule has 0 bridgehead atoms. The van der Waals surface area contributed by atoms with Crippen molar-refractivity contribution in [3.05, 3.63) is 40.8 Å². The van der Waals surface area contributed by atoms with E-state index in [1.165, 1.54) is 18.3 Å². The van der Waals surface area contributed by atoms with Crippen LogP contribution in [-0.4, -0.2) is 16.3 Å². The fraction of sp³-hybridized carbons (Fsp3) is 0.0909. The molecule has 0 saturated heterocycles. The van der Waals surface area contributed by atoms with Gasteiger partial charge in [0.25, 0.3) is 0 Å². The Balaban J connectivity index is 2.13. The van der Waals surface area contributed by atoms with Gasteiger partial charge >= 0.3 is 6.36 Å². The highest BCUT2D eigenvalue weighted by molar-refractivity contribution is 6.32. The Labute approximate surface area is 121 Å². The van der Waals surface area contributed by atoms with Crippen molar-refractivity contribution in [2.45, 2.75) is 6.36 Å². The number of benzene rings is 1. The minimum Gasteiger partial charge on any atom is -0.437 e. The van der Waals surface area contributed by atoms with E-state index >= 15 is 0 Å². The van der Waals surface area contributed by atoms with Crippen LogP contribution in [0.15, 0.2) is 30.5 Å². The van der Waals surface area contributed by atoms with Crippen LogP contribution in [0.25, 0.3) is 0 Å². The number of hydrogen-bond donors (Lipinski definition) is 0. The van der Waals surface area contributed by atoms with E-state index in [9.17, 15) is 13.2 Å². The van der Waals surface area contributed by atoms with Crippen molar-refractivity contribution in [2.24, 2.45) is 0 Å². The van der Waals surface area contributed by atoms with Gasteiger partial charge in [0.1, 0.15) is 16.5 Å². The third-order valence-electron chi connectivity index (χ3n) is 1.95. The molecule has 0 radical (unpaired) electrons. The van der Waals surface area contributed by atoms with Crippen LogP contribution in [0, 0.1) is 0 Å². The zero-order chi connectivity index (χ0) is 14.8. The predicted molar refractivity (Wildman–Crippen MR) is 65.3 cm³/mol. The maximum atomic E-state index is 12.0. The first-order chi connectivity index (χ1) is 9.33. The van der Waals surface area contributed by atoms with Crippen LogP contribution >= 0.6 is 23.2 Å². The Kier molecular flexibility index (Phi) is 4.20. The first-order valence-electron chi connectivity index (χ1n) is 5.05. The molecule has 0 saturated carbocycles. The molecular formula is C11H5Cl2F3N2O2. The molecule has 0 aliphatic heterocycles. The molecule has 1 aromatic carbocycles. The topological polar surface area (TPSA) is 44.2 Å². The van der Waals surface area contributed by atoms with E-state index in [0.717, 1.165) is 12.1 Å². The van der Waals surface area contributed by atoms with E-state index < -0.39 is 6.36 Å². The van der Waals surface area contributed by atoms with Crippen molar-refractivity contribution in [1.29, 1.82) is 0 Å². The number of hydrogen-bond acceptors (Lipinski definition) is 4. The fourth-order valence-corrected chi connectivity index (χ4v) is 1.48. The highest BCUT2D eigenvalue weighted by atomic mass is 35.5. The minimum atomic E-state index is -4.74. The normalized spacial score (nSPS) is 11.2. The Morgan fingerprint density at radius 1 is 1.00 bits per heavy atom. The summed E-state index contributed by atoms with van der Waals surface area (Å²) in [5, 5.41) is 0.0476. The molecule has 0 unspecified atom stereocenters. The smallest absolute Gasteiger partial charge is 0.437 e. The van der Waals surface area contributed by atoms with E-state index in [2.05, 4.69) is 14.7 Å². The Bertz CT molecular complexity index is 606. The molecule has 9 heteroatoms. The average Bonchev–Trinajstić information content (AvgIpc) is 2.34. The van der Waals surface area contributed by atoms with Gasteiger partial charge in [0.05, 0.1) is 6.20 Å². The molecule has 0 aliphatic carbocycles. The maximum absolute atomic E-state index is 12.0. The summed E-state index contributed by atoms with van der Waals surface area (Å²) in [6, 6.07) is 4.74. The first kappa shape index (κ1) is 14.7. The van der Waals surface area contributed by atoms with Gasteiger partial charge in [-0.05, 0) is 35.9 Å². The van der Waals surface area contributed by atoms with Gasteiger partial charge in [-0.1, -0.05) is 11.6 Å². The second kappa shape index (κ2) is 5.72. The number of aromatic nitrogens is 2. The van der Waals surface area contributed by atoms with Gasteiger partial charge in [0, 0.05) is 0 Å². The first-order valence-corrected chi connectivity index (χ1v) is 5.81. The summed E-state index contributed by atoms with van der Waals surface area (Å²) in [4.78, 5) is 7.37. The summed E-state index contributed by atoms with van der Waals surface area (Å²) in [6.07, 6.45) is -3.50. The summed E-state index contributed by atoms with van der Waals surface area (Å²) in [6.45, 7) is 0. The van der Waals surface area contributed by atoms with Gasteiger partial charge < -0.3 is 9.47 Å². The molecule has 0 amide bonds. The van der Waals surface area contributed by atoms with Crippen molar-refractivity contribution < 1.29 is 22.6 Å². The van der Waals surface area contributed by atoms with Gasteiger partial charge in [-0.25, -0.2) is 4.98 Å². The fourth-order valence-electron chi connectivity index (χ4n) is 1.22. The van der Waals surface area contributed by atoms with Crippen LogP contribution in [-0.2, 0) is 0 Å². The third-order valence-corrected chi connectivity index (χ3v) is 2.40. The highest BCUT2D eigenvalue weighted by Crippen LogP contribution is 2.30. The second-order valence-corrected chi connectivity index (χ2v) is 4.16. The Hall–Kier alpha value is -1.73. The molecule has 20 heavy (non-hydrogen) atoms. The molecule has 2 aromatic rings. The van der Waals surface area contributed by atoms with Crippen molar-refractivity contribution in [3.8, 4) is 17.4 Å². The highest BCUT2D eigenvalue weighted by Gasteiger charge is 2.30. The molecule has 1 heterocycles. The molecule has 0 fully saturated rings. The summed E-state index contributed by atoms with van der Waals surface area (Å²) in [7, 11) is 0. The number of halogens is 5. The average molecular weight is 325 g/mol. The second-order valence-electron chi connectivity index (χ2n) is 3.41. The number of nitrogens with zero attached hydrogens (tertiary/aromatic N) is 2. The minimum absolute atomic E-state index is 0.00356. The van der Waals surface area contributed by atoms with E-state index in [1.807, 2.05) is 0 Å². The van der Waals surface area contributed by atoms with Crippen LogP contribution in [0.2, 0.25) is 10.3 Å². The molecular weight excluding hydrogens is 320 g/mol. The number of rotatable bonds is 3. The summed E-state index contributed by atoms with van der Waals surface area (Å²) >= 11 is 11.4. The lowest BCUT2D eigenvalue weighted by atomic mass is 10.3. The molecule has 2 rings (SSSR count). The summed E-state index contributed by atoms with van der Waals surface area (Å²) in [5.41, 5.74) is 0. The van der Waals surface area contributed by atoms with E-state index in [4.69, 9.17) is 27.9 Å². The molecule has 0 atom stereocenters. The third kappa shape index (κ3) is 4.14. The zero-order valence-corrected chi connectivity index (χ0v) is 11.0. The van der Waals surface area contributed by atoms with Crippen molar-refractivity contribution in [1.82, 2.24) is 9.97 Å². The molecule has 4 nitrogen and oxygen atoms in total. The van der Waals surface area contributed by atoms with Crippen LogP contribution in [0.5, 0.6) is 17.4 Å². The van der Waals surface area contributed by atoms with Crippen LogP contribution < -0.4 is 9.47 Å². The molecule has 0 aliphatic rings. The lowest BCUT2D eigenvalue weighted by Crippen LogP contribution is -2.16. The SMILES string of the molecule is FC(F)(F)Oc1ccc(Oc2nc(Cl)ncc2Cl)cc1. The van der Waals surface area contributed by atoms with Crippen LogP contribution in [0.4, 0.5) is 13.2 Å². The van der Waals surface area contributed by atoms with Gasteiger partial charge in [-0.15, -0.1) is 13.2 Å². The number of ether oxygens (including phenoxy) is 2. The van der Waals surface area contributed by atoms with E-state index in [-0.39, 0.29) is 27.7 Å². The lowest BCUT2D eigenvalue weighted by Gasteiger charge is -2.10. The van der Waals surface area contributed by atoms with E-state index in [1.54, 1.807) is 0 Å². The van der Waals surface area contributed by atoms with Crippen molar-refractivity contribution in [2.75, 3.05) is 0 Å². The molecule has 0 N–H and O–H groups in total. The van der Waals surface area contributed by atoms with Gasteiger partial charge in [0.2, 0.25) is 11.2 Å². The molecule has 0 spiro atoms. The molecule has 106 valence electrons. The monoisotopic (exact) mass is 324 g/mol. The van der Waals surface area contributed by atoms with Crippen LogP contribution in [0.1, 0.15) is 0 Å². The van der Waals surface area contributed by atoms with Crippen LogP contribution in [0.3, 0.4) is 0 Å². The maximum Gasteiger partial charge on any atom is 0.573 e. The lowest BCUT2D eigenvalue weighted by molar-refractivity contribution is -0.274. The van der Waals surface area contributed by atoms with Gasteiger partial charge in [-0.2, -0.15) is 4.98 Å².